The molecule has 0 bridgehead atoms. The van der Waals surface area contributed by atoms with E-state index in [0.717, 1.165) is 5.69 Å². The highest BCUT2D eigenvalue weighted by molar-refractivity contribution is 5.53. The number of aromatic nitrogens is 1. The van der Waals surface area contributed by atoms with E-state index in [2.05, 4.69) is 11.1 Å². The van der Waals surface area contributed by atoms with E-state index >= 15 is 0 Å². The maximum atomic E-state index is 9.22. The van der Waals surface area contributed by atoms with Crippen LogP contribution in [-0.4, -0.2) is 29.8 Å². The molecule has 0 spiro atoms. The molecule has 1 rings (SSSR count). The zero-order chi connectivity index (χ0) is 12.1. The number of aliphatic hydroxyl groups excluding tert-OH is 1. The van der Waals surface area contributed by atoms with E-state index in [4.69, 9.17) is 5.26 Å². The summed E-state index contributed by atoms with van der Waals surface area (Å²) in [4.78, 5) is 6.24. The predicted octanol–water partition coefficient (Wildman–Crippen LogP) is 1.47. The van der Waals surface area contributed by atoms with Gasteiger partial charge in [0.15, 0.2) is 0 Å². The highest BCUT2D eigenvalue weighted by Crippen LogP contribution is 2.16. The Bertz CT molecular complexity index is 396. The molecule has 86 valence electrons. The summed E-state index contributed by atoms with van der Waals surface area (Å²) in [6.45, 7) is 4.33. The van der Waals surface area contributed by atoms with Gasteiger partial charge in [-0.15, -0.1) is 0 Å². The van der Waals surface area contributed by atoms with Crippen molar-refractivity contribution < 1.29 is 5.11 Å². The van der Waals surface area contributed by atoms with Gasteiger partial charge in [-0.1, -0.05) is 0 Å². The number of hydrogen-bond acceptors (Lipinski definition) is 4. The topological polar surface area (TPSA) is 60.2 Å². The van der Waals surface area contributed by atoms with Crippen molar-refractivity contribution in [3.05, 3.63) is 23.4 Å². The van der Waals surface area contributed by atoms with Crippen LogP contribution in [0, 0.1) is 18.3 Å². The largest absolute Gasteiger partial charge is 0.393 e. The van der Waals surface area contributed by atoms with Crippen molar-refractivity contribution in [2.24, 2.45) is 0 Å². The lowest BCUT2D eigenvalue weighted by atomic mass is 10.2. The molecular formula is C12H17N3O. The van der Waals surface area contributed by atoms with Crippen molar-refractivity contribution in [3.63, 3.8) is 0 Å². The molecule has 1 N–H and O–H groups in total. The molecule has 4 nitrogen and oxygen atoms in total. The third-order valence-electron chi connectivity index (χ3n) is 2.38. The first-order valence-corrected chi connectivity index (χ1v) is 5.31. The molecule has 0 aromatic carbocycles. The summed E-state index contributed by atoms with van der Waals surface area (Å²) in [5, 5.41) is 18.2. The maximum absolute atomic E-state index is 9.22. The third kappa shape index (κ3) is 3.21. The van der Waals surface area contributed by atoms with E-state index in [1.54, 1.807) is 13.0 Å². The first-order chi connectivity index (χ1) is 7.54. The van der Waals surface area contributed by atoms with Gasteiger partial charge in [0.05, 0.1) is 11.7 Å². The minimum atomic E-state index is -0.335. The molecule has 0 amide bonds. The predicted molar refractivity (Wildman–Crippen MR) is 63.3 cm³/mol. The van der Waals surface area contributed by atoms with Gasteiger partial charge in [0, 0.05) is 19.3 Å². The van der Waals surface area contributed by atoms with Gasteiger partial charge in [-0.3, -0.25) is 0 Å². The Labute approximate surface area is 96.2 Å². The van der Waals surface area contributed by atoms with Crippen molar-refractivity contribution >= 4 is 5.82 Å². The highest BCUT2D eigenvalue weighted by atomic mass is 16.3. The molecule has 0 fully saturated rings. The molecule has 1 aromatic heterocycles. The van der Waals surface area contributed by atoms with Crippen LogP contribution in [0.1, 0.15) is 24.6 Å². The lowest BCUT2D eigenvalue weighted by Crippen LogP contribution is -2.23. The van der Waals surface area contributed by atoms with Crippen LogP contribution in [0.15, 0.2) is 12.1 Å². The van der Waals surface area contributed by atoms with Gasteiger partial charge in [0.25, 0.3) is 0 Å². The molecule has 0 aliphatic carbocycles. The second-order valence-electron chi connectivity index (χ2n) is 3.99. The molecule has 0 saturated carbocycles. The molecule has 0 aliphatic heterocycles. The Morgan fingerprint density at radius 1 is 1.56 bits per heavy atom. The van der Waals surface area contributed by atoms with Crippen molar-refractivity contribution in [2.75, 3.05) is 18.5 Å². The number of nitrogens with zero attached hydrogens (tertiary/aromatic N) is 3. The maximum Gasteiger partial charge on any atom is 0.146 e. The molecule has 1 atom stereocenters. The zero-order valence-electron chi connectivity index (χ0n) is 9.94. The first kappa shape index (κ1) is 12.5. The minimum absolute atomic E-state index is 0.335. The average Bonchev–Trinajstić information content (AvgIpc) is 2.25. The van der Waals surface area contributed by atoms with Gasteiger partial charge in [-0.05, 0) is 32.4 Å². The molecule has 1 heterocycles. The number of nitriles is 1. The molecule has 16 heavy (non-hydrogen) atoms. The van der Waals surface area contributed by atoms with Gasteiger partial charge in [0.1, 0.15) is 11.9 Å². The van der Waals surface area contributed by atoms with Gasteiger partial charge in [-0.25, -0.2) is 4.98 Å². The summed E-state index contributed by atoms with van der Waals surface area (Å²) in [7, 11) is 1.88. The normalized spacial score (nSPS) is 11.9. The lowest BCUT2D eigenvalue weighted by Gasteiger charge is -2.20. The summed E-state index contributed by atoms with van der Waals surface area (Å²) in [5.74, 6) is 0.683. The Kier molecular flexibility index (Phi) is 4.27. The Balaban J connectivity index is 2.85. The molecule has 4 heteroatoms. The van der Waals surface area contributed by atoms with E-state index in [-0.39, 0.29) is 6.10 Å². The molecule has 0 saturated heterocycles. The quantitative estimate of drug-likeness (QED) is 0.833. The number of pyridine rings is 1. The molecular weight excluding hydrogens is 202 g/mol. The third-order valence-corrected chi connectivity index (χ3v) is 2.38. The minimum Gasteiger partial charge on any atom is -0.393 e. The Morgan fingerprint density at radius 2 is 2.25 bits per heavy atom. The van der Waals surface area contributed by atoms with E-state index in [1.165, 1.54) is 0 Å². The van der Waals surface area contributed by atoms with Crippen molar-refractivity contribution in [1.29, 1.82) is 5.26 Å². The molecule has 0 aliphatic rings. The van der Waals surface area contributed by atoms with Crippen molar-refractivity contribution in [2.45, 2.75) is 26.4 Å². The van der Waals surface area contributed by atoms with Gasteiger partial charge >= 0.3 is 0 Å². The van der Waals surface area contributed by atoms with Crippen molar-refractivity contribution in [3.8, 4) is 6.07 Å². The lowest BCUT2D eigenvalue weighted by molar-refractivity contribution is 0.187. The molecule has 1 aromatic rings. The van der Waals surface area contributed by atoms with E-state index in [9.17, 15) is 5.11 Å². The fraction of sp³-hybridized carbons (Fsp3) is 0.500. The van der Waals surface area contributed by atoms with Gasteiger partial charge in [0.2, 0.25) is 0 Å². The highest BCUT2D eigenvalue weighted by Gasteiger charge is 2.09. The second kappa shape index (κ2) is 5.47. The number of aryl methyl sites for hydroxylation is 1. The van der Waals surface area contributed by atoms with Crippen LogP contribution in [0.2, 0.25) is 0 Å². The fourth-order valence-electron chi connectivity index (χ4n) is 1.41. The average molecular weight is 219 g/mol. The van der Waals surface area contributed by atoms with Crippen LogP contribution >= 0.6 is 0 Å². The monoisotopic (exact) mass is 219 g/mol. The van der Waals surface area contributed by atoms with Gasteiger partial charge in [-0.2, -0.15) is 5.26 Å². The van der Waals surface area contributed by atoms with Crippen LogP contribution in [0.5, 0.6) is 0 Å². The standard InChI is InChI=1S/C12H17N3O/c1-9-4-5-11(8-13)12(14-9)15(3)7-6-10(2)16/h4-5,10,16H,6-7H2,1-3H3. The first-order valence-electron chi connectivity index (χ1n) is 5.31. The number of rotatable bonds is 4. The van der Waals surface area contributed by atoms with Crippen LogP contribution in [0.3, 0.4) is 0 Å². The van der Waals surface area contributed by atoms with Gasteiger partial charge < -0.3 is 10.0 Å². The van der Waals surface area contributed by atoms with E-state index in [0.29, 0.717) is 24.3 Å². The number of anilines is 1. The van der Waals surface area contributed by atoms with Crippen LogP contribution in [0.4, 0.5) is 5.82 Å². The van der Waals surface area contributed by atoms with Crippen molar-refractivity contribution in [1.82, 2.24) is 4.98 Å². The molecule has 1 unspecified atom stereocenters. The zero-order valence-corrected chi connectivity index (χ0v) is 9.94. The van der Waals surface area contributed by atoms with Crippen LogP contribution in [-0.2, 0) is 0 Å². The summed E-state index contributed by atoms with van der Waals surface area (Å²) >= 11 is 0. The molecule has 0 radical (unpaired) electrons. The van der Waals surface area contributed by atoms with E-state index < -0.39 is 0 Å². The number of aliphatic hydroxyl groups is 1. The van der Waals surface area contributed by atoms with Crippen LogP contribution < -0.4 is 4.90 Å². The Morgan fingerprint density at radius 3 is 2.81 bits per heavy atom. The smallest absolute Gasteiger partial charge is 0.146 e. The summed E-state index contributed by atoms with van der Waals surface area (Å²) < 4.78 is 0. The summed E-state index contributed by atoms with van der Waals surface area (Å²) in [5.41, 5.74) is 1.46. The van der Waals surface area contributed by atoms with E-state index in [1.807, 2.05) is 24.9 Å². The SMILES string of the molecule is Cc1ccc(C#N)c(N(C)CCC(C)O)n1. The van der Waals surface area contributed by atoms with Crippen LogP contribution in [0.25, 0.3) is 0 Å². The summed E-state index contributed by atoms with van der Waals surface area (Å²) in [6.07, 6.45) is 0.328. The second-order valence-corrected chi connectivity index (χ2v) is 3.99. The fourth-order valence-corrected chi connectivity index (χ4v) is 1.41. The summed E-state index contributed by atoms with van der Waals surface area (Å²) in [6, 6.07) is 5.72. The number of hydrogen-bond donors (Lipinski definition) is 1. The Hall–Kier alpha value is -1.60.